The lowest BCUT2D eigenvalue weighted by Crippen LogP contribution is -2.32. The van der Waals surface area contributed by atoms with Gasteiger partial charge in [-0.05, 0) is 67.0 Å². The van der Waals surface area contributed by atoms with Crippen molar-refractivity contribution in [3.63, 3.8) is 0 Å². The van der Waals surface area contributed by atoms with Crippen molar-refractivity contribution in [2.24, 2.45) is 0 Å². The Bertz CT molecular complexity index is 754. The van der Waals surface area contributed by atoms with Gasteiger partial charge in [0, 0.05) is 17.7 Å². The molecular formula is C17H20N4S. The van der Waals surface area contributed by atoms with Gasteiger partial charge in [0.15, 0.2) is 11.5 Å². The summed E-state index contributed by atoms with van der Waals surface area (Å²) in [5.41, 5.74) is 3.40. The van der Waals surface area contributed by atoms with Gasteiger partial charge in [-0.25, -0.2) is 9.50 Å². The molecule has 0 aromatic carbocycles. The lowest BCUT2D eigenvalue weighted by Gasteiger charge is -2.29. The largest absolute Gasteiger partial charge is 0.304 e. The van der Waals surface area contributed by atoms with Gasteiger partial charge >= 0.3 is 0 Å². The van der Waals surface area contributed by atoms with Crippen molar-refractivity contribution in [2.45, 2.75) is 25.7 Å². The van der Waals surface area contributed by atoms with Crippen molar-refractivity contribution in [1.82, 2.24) is 19.5 Å². The molecule has 0 radical (unpaired) electrons. The molecule has 0 unspecified atom stereocenters. The van der Waals surface area contributed by atoms with Crippen LogP contribution in [-0.2, 0) is 0 Å². The van der Waals surface area contributed by atoms with Gasteiger partial charge in [-0.15, -0.1) is 0 Å². The van der Waals surface area contributed by atoms with E-state index in [0.717, 1.165) is 31.1 Å². The van der Waals surface area contributed by atoms with Gasteiger partial charge < -0.3 is 4.90 Å². The van der Waals surface area contributed by atoms with E-state index in [1.807, 2.05) is 4.52 Å². The van der Waals surface area contributed by atoms with Crippen molar-refractivity contribution in [3.8, 4) is 11.1 Å². The summed E-state index contributed by atoms with van der Waals surface area (Å²) in [6, 6.07) is 6.35. The lowest BCUT2D eigenvalue weighted by atomic mass is 9.96. The van der Waals surface area contributed by atoms with Gasteiger partial charge in [-0.1, -0.05) is 6.92 Å². The van der Waals surface area contributed by atoms with E-state index in [2.05, 4.69) is 47.0 Å². The molecule has 4 nitrogen and oxygen atoms in total. The molecule has 3 aromatic rings. The fourth-order valence-electron chi connectivity index (χ4n) is 3.18. The summed E-state index contributed by atoms with van der Waals surface area (Å²) in [7, 11) is 0. The van der Waals surface area contributed by atoms with E-state index in [-0.39, 0.29) is 0 Å². The smallest absolute Gasteiger partial charge is 0.155 e. The highest BCUT2D eigenvalue weighted by atomic mass is 32.1. The van der Waals surface area contributed by atoms with Crippen LogP contribution in [-0.4, -0.2) is 39.1 Å². The number of piperidine rings is 1. The van der Waals surface area contributed by atoms with Gasteiger partial charge in [0.25, 0.3) is 0 Å². The minimum absolute atomic E-state index is 0.507. The summed E-state index contributed by atoms with van der Waals surface area (Å²) in [5.74, 6) is 1.52. The average molecular weight is 312 g/mol. The SMILES string of the molecule is CCN1CCC(c2nc3ccc(-c4ccsc4)cn3n2)CC1. The normalized spacial score (nSPS) is 17.3. The Morgan fingerprint density at radius 3 is 2.77 bits per heavy atom. The average Bonchev–Trinajstić information content (AvgIpc) is 3.23. The summed E-state index contributed by atoms with van der Waals surface area (Å²) in [6.45, 7) is 5.71. The van der Waals surface area contributed by atoms with Gasteiger partial charge in [0.1, 0.15) is 0 Å². The first kappa shape index (κ1) is 13.9. The number of hydrogen-bond donors (Lipinski definition) is 0. The van der Waals surface area contributed by atoms with Crippen molar-refractivity contribution < 1.29 is 0 Å². The van der Waals surface area contributed by atoms with E-state index < -0.39 is 0 Å². The van der Waals surface area contributed by atoms with Crippen molar-refractivity contribution in [1.29, 1.82) is 0 Å². The lowest BCUT2D eigenvalue weighted by molar-refractivity contribution is 0.219. The zero-order chi connectivity index (χ0) is 14.9. The van der Waals surface area contributed by atoms with E-state index >= 15 is 0 Å². The number of nitrogens with zero attached hydrogens (tertiary/aromatic N) is 4. The molecule has 0 N–H and O–H groups in total. The van der Waals surface area contributed by atoms with Crippen molar-refractivity contribution in [3.05, 3.63) is 41.0 Å². The zero-order valence-electron chi connectivity index (χ0n) is 12.8. The number of pyridine rings is 1. The molecule has 4 heterocycles. The summed E-state index contributed by atoms with van der Waals surface area (Å²) in [5, 5.41) is 9.02. The van der Waals surface area contributed by atoms with Gasteiger partial charge in [0.05, 0.1) is 0 Å². The third kappa shape index (κ3) is 2.55. The van der Waals surface area contributed by atoms with Gasteiger partial charge in [-0.3, -0.25) is 0 Å². The summed E-state index contributed by atoms with van der Waals surface area (Å²) >= 11 is 1.72. The van der Waals surface area contributed by atoms with Crippen LogP contribution in [0.25, 0.3) is 16.8 Å². The maximum atomic E-state index is 4.75. The molecule has 0 atom stereocenters. The Kier molecular flexibility index (Phi) is 3.68. The molecule has 1 saturated heterocycles. The Labute approximate surface area is 134 Å². The fraction of sp³-hybridized carbons (Fsp3) is 0.412. The molecule has 0 aliphatic carbocycles. The number of thiophene rings is 1. The summed E-state index contributed by atoms with van der Waals surface area (Å²) in [6.07, 6.45) is 4.43. The van der Waals surface area contributed by atoms with Crippen LogP contribution in [0.2, 0.25) is 0 Å². The molecule has 5 heteroatoms. The Morgan fingerprint density at radius 2 is 2.05 bits per heavy atom. The summed E-state index contributed by atoms with van der Waals surface area (Å²) in [4.78, 5) is 7.25. The number of rotatable bonds is 3. The molecule has 0 saturated carbocycles. The first-order chi connectivity index (χ1) is 10.8. The zero-order valence-corrected chi connectivity index (χ0v) is 13.6. The topological polar surface area (TPSA) is 33.4 Å². The van der Waals surface area contributed by atoms with Gasteiger partial charge in [-0.2, -0.15) is 16.4 Å². The minimum atomic E-state index is 0.507. The first-order valence-corrected chi connectivity index (χ1v) is 8.89. The first-order valence-electron chi connectivity index (χ1n) is 7.95. The molecule has 1 fully saturated rings. The molecule has 22 heavy (non-hydrogen) atoms. The van der Waals surface area contributed by atoms with Crippen LogP contribution < -0.4 is 0 Å². The molecule has 1 aliphatic heterocycles. The number of hydrogen-bond acceptors (Lipinski definition) is 4. The second-order valence-corrected chi connectivity index (χ2v) is 6.69. The summed E-state index contributed by atoms with van der Waals surface area (Å²) < 4.78 is 1.94. The van der Waals surface area contributed by atoms with E-state index in [1.165, 1.54) is 24.0 Å². The molecule has 3 aromatic heterocycles. The predicted octanol–water partition coefficient (Wildman–Crippen LogP) is 3.66. The number of aromatic nitrogens is 3. The molecule has 1 aliphatic rings. The van der Waals surface area contributed by atoms with Crippen LogP contribution in [0.5, 0.6) is 0 Å². The van der Waals surface area contributed by atoms with Crippen LogP contribution in [0.1, 0.15) is 31.5 Å². The van der Waals surface area contributed by atoms with Crippen molar-refractivity contribution in [2.75, 3.05) is 19.6 Å². The van der Waals surface area contributed by atoms with Crippen LogP contribution in [0.15, 0.2) is 35.2 Å². The molecule has 114 valence electrons. The molecule has 4 rings (SSSR count). The second-order valence-electron chi connectivity index (χ2n) is 5.91. The highest BCUT2D eigenvalue weighted by Crippen LogP contribution is 2.27. The predicted molar refractivity (Wildman–Crippen MR) is 90.4 cm³/mol. The van der Waals surface area contributed by atoms with E-state index in [4.69, 9.17) is 10.1 Å². The third-order valence-electron chi connectivity index (χ3n) is 4.60. The van der Waals surface area contributed by atoms with Crippen LogP contribution in [0.4, 0.5) is 0 Å². The molecule has 0 spiro atoms. The standard InChI is InChI=1S/C17H20N4S/c1-2-20-8-5-13(6-9-20)17-18-16-4-3-14(11-21(16)19-17)15-7-10-22-12-15/h3-4,7,10-13H,2,5-6,8-9H2,1H3. The van der Waals surface area contributed by atoms with Crippen LogP contribution in [0, 0.1) is 0 Å². The quantitative estimate of drug-likeness (QED) is 0.740. The fourth-order valence-corrected chi connectivity index (χ4v) is 3.85. The number of fused-ring (bicyclic) bond motifs is 1. The Morgan fingerprint density at radius 1 is 1.18 bits per heavy atom. The Hall–Kier alpha value is -1.72. The Balaban J connectivity index is 1.61. The number of likely N-dealkylation sites (tertiary alicyclic amines) is 1. The minimum Gasteiger partial charge on any atom is -0.304 e. The monoisotopic (exact) mass is 312 g/mol. The highest BCUT2D eigenvalue weighted by molar-refractivity contribution is 7.08. The highest BCUT2D eigenvalue weighted by Gasteiger charge is 2.23. The van der Waals surface area contributed by atoms with E-state index in [1.54, 1.807) is 11.3 Å². The van der Waals surface area contributed by atoms with Crippen molar-refractivity contribution >= 4 is 17.0 Å². The van der Waals surface area contributed by atoms with Crippen LogP contribution in [0.3, 0.4) is 0 Å². The maximum absolute atomic E-state index is 4.75. The van der Waals surface area contributed by atoms with Gasteiger partial charge in [0.2, 0.25) is 0 Å². The van der Waals surface area contributed by atoms with E-state index in [9.17, 15) is 0 Å². The van der Waals surface area contributed by atoms with Crippen LogP contribution >= 0.6 is 11.3 Å². The molecule has 0 bridgehead atoms. The molecule has 0 amide bonds. The maximum Gasteiger partial charge on any atom is 0.155 e. The van der Waals surface area contributed by atoms with E-state index in [0.29, 0.717) is 5.92 Å². The second kappa shape index (κ2) is 5.82. The molecular weight excluding hydrogens is 292 g/mol. The third-order valence-corrected chi connectivity index (χ3v) is 5.29.